The summed E-state index contributed by atoms with van der Waals surface area (Å²) in [5, 5.41) is 4.90. The minimum absolute atomic E-state index is 0.146. The predicted octanol–water partition coefficient (Wildman–Crippen LogP) is 4.13. The molecule has 0 aromatic carbocycles. The van der Waals surface area contributed by atoms with E-state index >= 15 is 0 Å². The fourth-order valence-corrected chi connectivity index (χ4v) is 3.56. The molecule has 1 heterocycles. The molecule has 0 bridgehead atoms. The molecule has 21 heavy (non-hydrogen) atoms. The second-order valence-corrected chi connectivity index (χ2v) is 7.86. The van der Waals surface area contributed by atoms with Crippen molar-refractivity contribution < 1.29 is 0 Å². The van der Waals surface area contributed by atoms with Crippen LogP contribution < -0.4 is 5.32 Å². The Morgan fingerprint density at radius 1 is 1.24 bits per heavy atom. The Morgan fingerprint density at radius 3 is 2.38 bits per heavy atom. The Kier molecular flexibility index (Phi) is 7.31. The summed E-state index contributed by atoms with van der Waals surface area (Å²) in [4.78, 5) is 8.65. The summed E-state index contributed by atoms with van der Waals surface area (Å²) >= 11 is 1.86. The van der Waals surface area contributed by atoms with Gasteiger partial charge in [-0.1, -0.05) is 34.6 Å². The number of nitrogens with zero attached hydrogens (tertiary/aromatic N) is 2. The third-order valence-corrected chi connectivity index (χ3v) is 5.50. The van der Waals surface area contributed by atoms with Crippen LogP contribution in [0.1, 0.15) is 69.6 Å². The maximum atomic E-state index is 4.76. The largest absolute Gasteiger partial charge is 0.308 e. The molecule has 1 atom stereocenters. The maximum Gasteiger partial charge on any atom is 0.0985 e. The van der Waals surface area contributed by atoms with Gasteiger partial charge in [-0.15, -0.1) is 11.3 Å². The number of thiazole rings is 1. The van der Waals surface area contributed by atoms with Gasteiger partial charge in [0.25, 0.3) is 0 Å². The number of hydrogen-bond acceptors (Lipinski definition) is 4. The SMILES string of the molecule is CCCN(CC)CCNC(C)c1sc(C(C)(C)C)nc1C. The van der Waals surface area contributed by atoms with Crippen LogP contribution >= 0.6 is 11.3 Å². The first-order valence-electron chi connectivity index (χ1n) is 8.23. The first-order chi connectivity index (χ1) is 9.79. The van der Waals surface area contributed by atoms with Crippen molar-refractivity contribution in [3.63, 3.8) is 0 Å². The highest BCUT2D eigenvalue weighted by Crippen LogP contribution is 2.32. The van der Waals surface area contributed by atoms with Gasteiger partial charge in [0, 0.05) is 29.4 Å². The Balaban J connectivity index is 2.56. The van der Waals surface area contributed by atoms with Crippen LogP contribution in [0.2, 0.25) is 0 Å². The van der Waals surface area contributed by atoms with Gasteiger partial charge in [-0.05, 0) is 33.4 Å². The molecule has 0 saturated heterocycles. The summed E-state index contributed by atoms with van der Waals surface area (Å²) in [6, 6.07) is 0.388. The first-order valence-corrected chi connectivity index (χ1v) is 9.04. The van der Waals surface area contributed by atoms with E-state index in [1.165, 1.54) is 28.5 Å². The van der Waals surface area contributed by atoms with E-state index in [2.05, 4.69) is 58.7 Å². The molecule has 0 aliphatic heterocycles. The summed E-state index contributed by atoms with van der Waals surface area (Å²) in [5.74, 6) is 0. The van der Waals surface area contributed by atoms with Crippen LogP contribution in [0.15, 0.2) is 0 Å². The molecule has 0 amide bonds. The Bertz CT molecular complexity index is 420. The van der Waals surface area contributed by atoms with E-state index in [4.69, 9.17) is 4.98 Å². The highest BCUT2D eigenvalue weighted by Gasteiger charge is 2.22. The van der Waals surface area contributed by atoms with Crippen molar-refractivity contribution in [1.29, 1.82) is 0 Å². The number of hydrogen-bond donors (Lipinski definition) is 1. The minimum Gasteiger partial charge on any atom is -0.308 e. The van der Waals surface area contributed by atoms with Gasteiger partial charge >= 0.3 is 0 Å². The summed E-state index contributed by atoms with van der Waals surface area (Å²) < 4.78 is 0. The highest BCUT2D eigenvalue weighted by molar-refractivity contribution is 7.12. The second kappa shape index (κ2) is 8.25. The number of nitrogens with one attached hydrogen (secondary N) is 1. The monoisotopic (exact) mass is 311 g/mol. The van der Waals surface area contributed by atoms with Crippen LogP contribution in [0.25, 0.3) is 0 Å². The zero-order valence-corrected chi connectivity index (χ0v) is 15.7. The van der Waals surface area contributed by atoms with Crippen LogP contribution in [0.5, 0.6) is 0 Å². The lowest BCUT2D eigenvalue weighted by atomic mass is 9.98. The van der Waals surface area contributed by atoms with Gasteiger partial charge in [0.1, 0.15) is 0 Å². The van der Waals surface area contributed by atoms with E-state index < -0.39 is 0 Å². The zero-order valence-electron chi connectivity index (χ0n) is 14.9. The molecule has 0 aliphatic carbocycles. The van der Waals surface area contributed by atoms with E-state index in [-0.39, 0.29) is 5.41 Å². The molecule has 1 rings (SSSR count). The van der Waals surface area contributed by atoms with Gasteiger partial charge in [-0.25, -0.2) is 4.98 Å². The summed E-state index contributed by atoms with van der Waals surface area (Å²) in [7, 11) is 0. The summed E-state index contributed by atoms with van der Waals surface area (Å²) in [6.07, 6.45) is 1.23. The fourth-order valence-electron chi connectivity index (χ4n) is 2.41. The van der Waals surface area contributed by atoms with Crippen molar-refractivity contribution in [3.8, 4) is 0 Å². The Hall–Kier alpha value is -0.450. The van der Waals surface area contributed by atoms with Crippen LogP contribution in [0.3, 0.4) is 0 Å². The van der Waals surface area contributed by atoms with Gasteiger partial charge in [0.15, 0.2) is 0 Å². The average molecular weight is 312 g/mol. The van der Waals surface area contributed by atoms with Crippen molar-refractivity contribution in [2.75, 3.05) is 26.2 Å². The third-order valence-electron chi connectivity index (χ3n) is 3.73. The second-order valence-electron chi connectivity index (χ2n) is 6.83. The van der Waals surface area contributed by atoms with Crippen LogP contribution in [0.4, 0.5) is 0 Å². The summed E-state index contributed by atoms with van der Waals surface area (Å²) in [6.45, 7) is 20.1. The van der Waals surface area contributed by atoms with Crippen LogP contribution in [0, 0.1) is 6.92 Å². The van der Waals surface area contributed by atoms with Crippen molar-refractivity contribution in [1.82, 2.24) is 15.2 Å². The Labute approximate surface area is 135 Å². The molecule has 0 fully saturated rings. The smallest absolute Gasteiger partial charge is 0.0985 e. The lowest BCUT2D eigenvalue weighted by Crippen LogP contribution is -2.33. The number of aromatic nitrogens is 1. The van der Waals surface area contributed by atoms with Crippen molar-refractivity contribution in [2.45, 2.75) is 66.3 Å². The molecular weight excluding hydrogens is 278 g/mol. The molecule has 0 saturated carbocycles. The van der Waals surface area contributed by atoms with E-state index in [9.17, 15) is 0 Å². The van der Waals surface area contributed by atoms with Gasteiger partial charge in [-0.2, -0.15) is 0 Å². The Morgan fingerprint density at radius 2 is 1.90 bits per heavy atom. The van der Waals surface area contributed by atoms with Crippen molar-refractivity contribution >= 4 is 11.3 Å². The van der Waals surface area contributed by atoms with Gasteiger partial charge in [0.05, 0.1) is 10.7 Å². The quantitative estimate of drug-likeness (QED) is 0.782. The van der Waals surface area contributed by atoms with Crippen molar-refractivity contribution in [2.24, 2.45) is 0 Å². The first kappa shape index (κ1) is 18.6. The molecule has 122 valence electrons. The molecule has 3 nitrogen and oxygen atoms in total. The molecule has 1 aromatic heterocycles. The van der Waals surface area contributed by atoms with E-state index in [1.54, 1.807) is 0 Å². The summed E-state index contributed by atoms with van der Waals surface area (Å²) in [5.41, 5.74) is 1.33. The molecule has 0 spiro atoms. The number of likely N-dealkylation sites (N-methyl/N-ethyl adjacent to an activating group) is 1. The fraction of sp³-hybridized carbons (Fsp3) is 0.824. The average Bonchev–Trinajstić information content (AvgIpc) is 2.79. The zero-order chi connectivity index (χ0) is 16.0. The molecule has 1 aromatic rings. The van der Waals surface area contributed by atoms with E-state index in [0.29, 0.717) is 6.04 Å². The van der Waals surface area contributed by atoms with Gasteiger partial charge < -0.3 is 10.2 Å². The molecular formula is C17H33N3S. The van der Waals surface area contributed by atoms with Gasteiger partial charge in [0.2, 0.25) is 0 Å². The topological polar surface area (TPSA) is 28.2 Å². The molecule has 1 unspecified atom stereocenters. The molecule has 4 heteroatoms. The van der Waals surface area contributed by atoms with Gasteiger partial charge in [-0.3, -0.25) is 0 Å². The lowest BCUT2D eigenvalue weighted by molar-refractivity contribution is 0.284. The minimum atomic E-state index is 0.146. The van der Waals surface area contributed by atoms with Crippen LogP contribution in [-0.2, 0) is 5.41 Å². The predicted molar refractivity (Wildman–Crippen MR) is 94.4 cm³/mol. The van der Waals surface area contributed by atoms with E-state index in [0.717, 1.165) is 19.6 Å². The van der Waals surface area contributed by atoms with E-state index in [1.807, 2.05) is 11.3 Å². The molecule has 0 aliphatic rings. The third kappa shape index (κ3) is 5.68. The highest BCUT2D eigenvalue weighted by atomic mass is 32.1. The number of aryl methyl sites for hydroxylation is 1. The van der Waals surface area contributed by atoms with Crippen LogP contribution in [-0.4, -0.2) is 36.1 Å². The lowest BCUT2D eigenvalue weighted by Gasteiger charge is -2.21. The van der Waals surface area contributed by atoms with Crippen molar-refractivity contribution in [3.05, 3.63) is 15.6 Å². The molecule has 1 N–H and O–H groups in total. The number of rotatable bonds is 8. The molecule has 0 radical (unpaired) electrons. The maximum absolute atomic E-state index is 4.76. The standard InChI is InChI=1S/C17H33N3S/c1-8-11-20(9-2)12-10-18-13(3)15-14(4)19-16(21-15)17(5,6)7/h13,18H,8-12H2,1-7H3. The normalized spacial score (nSPS) is 13.9.